The fraction of sp³-hybridized carbons (Fsp3) is 0.588. The lowest BCUT2D eigenvalue weighted by Crippen LogP contribution is -2.47. The van der Waals surface area contributed by atoms with Crippen LogP contribution in [0, 0.1) is 16.7 Å². The number of nitrogens with zero attached hydrogens (tertiary/aromatic N) is 1. The maximum absolute atomic E-state index is 13.3. The number of rotatable bonds is 16. The predicted molar refractivity (Wildman–Crippen MR) is 174 cm³/mol. The van der Waals surface area contributed by atoms with E-state index in [-0.39, 0.29) is 30.7 Å². The molecule has 1 fully saturated rings. The Kier molecular flexibility index (Phi) is 12.9. The van der Waals surface area contributed by atoms with E-state index in [4.69, 9.17) is 28.1 Å². The summed E-state index contributed by atoms with van der Waals surface area (Å²) in [5, 5.41) is -0.116. The molecule has 0 amide bonds. The monoisotopic (exact) mass is 675 g/mol. The van der Waals surface area contributed by atoms with Crippen LogP contribution < -0.4 is 0 Å². The Hall–Kier alpha value is -3.84. The second kappa shape index (κ2) is 15.4. The number of hydrogen-bond donors (Lipinski definition) is 0. The first-order valence-electron chi connectivity index (χ1n) is 15.2. The SMILES string of the molecule is C=CC1(O[Si](C)(C)C(C)(C)C)CC1(C/C=C/CC(Cc1cccc(CC(C(=O)OC)C(=O)OC)n1)(C(=O)OC)C(=O)OC)C(=O)OC. The van der Waals surface area contributed by atoms with Crippen LogP contribution in [0.3, 0.4) is 0 Å². The Balaban J connectivity index is 2.44. The van der Waals surface area contributed by atoms with Crippen LogP contribution in [0.5, 0.6) is 0 Å². The molecule has 1 saturated carbocycles. The minimum Gasteiger partial charge on any atom is -0.468 e. The molecule has 12 nitrogen and oxygen atoms in total. The standard InChI is InChI=1S/C34H49NO11Si/c1-12-34(46-47(10,11)31(2,3)4)22-33(34,30(40)45-9)19-14-13-18-32(28(38)43-7,29(39)44-8)21-24-17-15-16-23(35-24)20-25(26(36)41-5)27(37)42-6/h12-17,25H,1,18-22H2,2-11H3/b14-13+. The lowest BCUT2D eigenvalue weighted by atomic mass is 9.79. The van der Waals surface area contributed by atoms with Gasteiger partial charge in [0.25, 0.3) is 0 Å². The van der Waals surface area contributed by atoms with E-state index in [0.29, 0.717) is 17.8 Å². The number of ether oxygens (including phenoxy) is 5. The Morgan fingerprint density at radius 2 is 1.45 bits per heavy atom. The predicted octanol–water partition coefficient (Wildman–Crippen LogP) is 4.31. The maximum Gasteiger partial charge on any atom is 0.323 e. The molecule has 1 heterocycles. The molecule has 1 aliphatic carbocycles. The molecule has 0 aliphatic heterocycles. The number of aromatic nitrogens is 1. The van der Waals surface area contributed by atoms with E-state index in [9.17, 15) is 24.0 Å². The highest BCUT2D eigenvalue weighted by Gasteiger charge is 2.73. The van der Waals surface area contributed by atoms with Crippen molar-refractivity contribution in [3.8, 4) is 0 Å². The summed E-state index contributed by atoms with van der Waals surface area (Å²) in [5.74, 6) is -4.97. The van der Waals surface area contributed by atoms with E-state index in [1.54, 1.807) is 36.4 Å². The van der Waals surface area contributed by atoms with Gasteiger partial charge >= 0.3 is 29.8 Å². The molecular weight excluding hydrogens is 626 g/mol. The van der Waals surface area contributed by atoms with Crippen LogP contribution in [0.4, 0.5) is 0 Å². The number of allylic oxidation sites excluding steroid dienone is 2. The average Bonchev–Trinajstić information content (AvgIpc) is 3.69. The maximum atomic E-state index is 13.3. The van der Waals surface area contributed by atoms with Crippen LogP contribution in [0.2, 0.25) is 18.1 Å². The van der Waals surface area contributed by atoms with Crippen molar-refractivity contribution in [1.29, 1.82) is 0 Å². The van der Waals surface area contributed by atoms with Crippen LogP contribution in [0.15, 0.2) is 43.0 Å². The first-order valence-corrected chi connectivity index (χ1v) is 18.1. The minimum absolute atomic E-state index is 0.116. The molecule has 2 unspecified atom stereocenters. The summed E-state index contributed by atoms with van der Waals surface area (Å²) >= 11 is 0. The molecule has 1 aromatic heterocycles. The van der Waals surface area contributed by atoms with Crippen LogP contribution >= 0.6 is 0 Å². The summed E-state index contributed by atoms with van der Waals surface area (Å²) in [4.78, 5) is 68.8. The second-order valence-corrected chi connectivity index (χ2v) is 18.0. The number of methoxy groups -OCH3 is 5. The van der Waals surface area contributed by atoms with Crippen LogP contribution in [-0.2, 0) is 64.9 Å². The molecule has 0 saturated heterocycles. The number of pyridine rings is 1. The first-order chi connectivity index (χ1) is 21.9. The van der Waals surface area contributed by atoms with Gasteiger partial charge in [-0.05, 0) is 49.5 Å². The Morgan fingerprint density at radius 3 is 1.91 bits per heavy atom. The lowest BCUT2D eigenvalue weighted by Gasteiger charge is -2.40. The molecular formula is C34H49NO11Si. The normalized spacial score (nSPS) is 19.6. The minimum atomic E-state index is -2.32. The van der Waals surface area contributed by atoms with E-state index in [1.165, 1.54) is 7.11 Å². The van der Waals surface area contributed by atoms with Crippen LogP contribution in [-0.4, -0.2) is 84.3 Å². The molecule has 0 N–H and O–H groups in total. The quantitative estimate of drug-likeness (QED) is 0.0807. The number of carbonyl (C=O) groups is 5. The molecule has 0 bridgehead atoms. The van der Waals surface area contributed by atoms with Gasteiger partial charge in [-0.25, -0.2) is 0 Å². The van der Waals surface area contributed by atoms with Gasteiger partial charge < -0.3 is 28.1 Å². The Labute approximate surface area is 278 Å². The van der Waals surface area contributed by atoms with Gasteiger partial charge in [0.15, 0.2) is 19.7 Å². The second-order valence-electron chi connectivity index (χ2n) is 13.3. The fourth-order valence-electron chi connectivity index (χ4n) is 5.46. The van der Waals surface area contributed by atoms with Crippen molar-refractivity contribution in [2.75, 3.05) is 35.5 Å². The third-order valence-electron chi connectivity index (χ3n) is 9.38. The Morgan fingerprint density at radius 1 is 0.894 bits per heavy atom. The van der Waals surface area contributed by atoms with Crippen molar-refractivity contribution < 1.29 is 52.1 Å². The third kappa shape index (κ3) is 8.18. The van der Waals surface area contributed by atoms with Gasteiger partial charge in [-0.1, -0.05) is 45.1 Å². The van der Waals surface area contributed by atoms with Gasteiger partial charge in [-0.3, -0.25) is 29.0 Å². The Bertz CT molecular complexity index is 1350. The van der Waals surface area contributed by atoms with Gasteiger partial charge in [0, 0.05) is 24.2 Å². The number of carbonyl (C=O) groups excluding carboxylic acids is 5. The highest BCUT2D eigenvalue weighted by molar-refractivity contribution is 6.74. The zero-order chi connectivity index (χ0) is 35.8. The molecule has 2 atom stereocenters. The molecule has 13 heteroatoms. The smallest absolute Gasteiger partial charge is 0.323 e. The van der Waals surface area contributed by atoms with Crippen molar-refractivity contribution in [3.63, 3.8) is 0 Å². The van der Waals surface area contributed by atoms with E-state index in [0.717, 1.165) is 28.4 Å². The van der Waals surface area contributed by atoms with Crippen molar-refractivity contribution in [1.82, 2.24) is 4.98 Å². The summed E-state index contributed by atoms with van der Waals surface area (Å²) < 4.78 is 31.6. The van der Waals surface area contributed by atoms with Gasteiger partial charge in [0.05, 0.1) is 41.2 Å². The summed E-state index contributed by atoms with van der Waals surface area (Å²) in [7, 11) is 3.65. The van der Waals surface area contributed by atoms with E-state index in [2.05, 4.69) is 45.4 Å². The molecule has 0 radical (unpaired) electrons. The van der Waals surface area contributed by atoms with E-state index in [1.807, 2.05) is 0 Å². The average molecular weight is 676 g/mol. The topological polar surface area (TPSA) is 154 Å². The molecule has 0 spiro atoms. The molecule has 0 aromatic carbocycles. The van der Waals surface area contributed by atoms with Crippen molar-refractivity contribution in [2.24, 2.45) is 16.7 Å². The van der Waals surface area contributed by atoms with E-state index < -0.39 is 60.5 Å². The molecule has 2 rings (SSSR count). The summed E-state index contributed by atoms with van der Waals surface area (Å²) in [6.45, 7) is 14.5. The zero-order valence-electron chi connectivity index (χ0n) is 29.2. The van der Waals surface area contributed by atoms with Crippen molar-refractivity contribution in [2.45, 2.75) is 76.6 Å². The number of esters is 5. The van der Waals surface area contributed by atoms with Crippen LogP contribution in [0.25, 0.3) is 0 Å². The van der Waals surface area contributed by atoms with Gasteiger partial charge in [0.2, 0.25) is 0 Å². The molecule has 1 aromatic rings. The lowest BCUT2D eigenvalue weighted by molar-refractivity contribution is -0.169. The zero-order valence-corrected chi connectivity index (χ0v) is 30.2. The summed E-state index contributed by atoms with van der Waals surface area (Å²) in [6, 6.07) is 4.83. The van der Waals surface area contributed by atoms with Crippen molar-refractivity contribution in [3.05, 3.63) is 54.4 Å². The highest BCUT2D eigenvalue weighted by atomic mass is 28.4. The fourth-order valence-corrected chi connectivity index (χ4v) is 7.03. The molecule has 1 aliphatic rings. The van der Waals surface area contributed by atoms with Gasteiger partial charge in [-0.2, -0.15) is 0 Å². The van der Waals surface area contributed by atoms with Gasteiger partial charge in [-0.15, -0.1) is 6.58 Å². The summed E-state index contributed by atoms with van der Waals surface area (Å²) in [6.07, 6.45) is 5.11. The van der Waals surface area contributed by atoms with Gasteiger partial charge in [0.1, 0.15) is 5.41 Å². The third-order valence-corrected chi connectivity index (χ3v) is 13.9. The summed E-state index contributed by atoms with van der Waals surface area (Å²) in [5.41, 5.74) is -3.16. The molecule has 47 heavy (non-hydrogen) atoms. The molecule has 260 valence electrons. The van der Waals surface area contributed by atoms with E-state index >= 15 is 0 Å². The highest BCUT2D eigenvalue weighted by Crippen LogP contribution is 2.65. The first kappa shape index (κ1) is 39.3. The van der Waals surface area contributed by atoms with Crippen molar-refractivity contribution >= 4 is 38.2 Å². The van der Waals surface area contributed by atoms with Crippen LogP contribution in [0.1, 0.15) is 51.4 Å². The largest absolute Gasteiger partial charge is 0.468 e. The number of hydrogen-bond acceptors (Lipinski definition) is 12.